The molecule has 2 aliphatic carbocycles. The third-order valence-corrected chi connectivity index (χ3v) is 16.3. The van der Waals surface area contributed by atoms with Crippen molar-refractivity contribution >= 4 is 82.0 Å². The van der Waals surface area contributed by atoms with Gasteiger partial charge in [0.15, 0.2) is 0 Å². The normalized spacial score (nSPS) is 13.0. The van der Waals surface area contributed by atoms with Gasteiger partial charge in [-0.3, -0.25) is 0 Å². The molecule has 0 atom stereocenters. The van der Waals surface area contributed by atoms with Gasteiger partial charge in [-0.2, -0.15) is 0 Å². The Kier molecular flexibility index (Phi) is 8.41. The van der Waals surface area contributed by atoms with Crippen molar-refractivity contribution in [1.29, 1.82) is 0 Å². The number of benzene rings is 13. The summed E-state index contributed by atoms with van der Waals surface area (Å²) in [6, 6.07) is 100. The molecule has 2 aliphatic rings. The molecule has 0 radical (unpaired) electrons. The lowest BCUT2D eigenvalue weighted by atomic mass is 9.70. The van der Waals surface area contributed by atoms with E-state index in [9.17, 15) is 0 Å². The molecule has 2 nitrogen and oxygen atoms in total. The first-order valence-corrected chi connectivity index (χ1v) is 25.4. The van der Waals surface area contributed by atoms with Crippen molar-refractivity contribution < 1.29 is 0 Å². The molecule has 73 heavy (non-hydrogen) atoms. The summed E-state index contributed by atoms with van der Waals surface area (Å²) in [6.07, 6.45) is 0. The fraction of sp³-hybridized carbons (Fsp3) is 0.0141. The van der Waals surface area contributed by atoms with Gasteiger partial charge in [0.1, 0.15) is 0 Å². The molecule has 1 heterocycles. The Morgan fingerprint density at radius 2 is 0.808 bits per heavy atom. The number of para-hydroxylation sites is 1. The van der Waals surface area contributed by atoms with E-state index >= 15 is 0 Å². The zero-order valence-corrected chi connectivity index (χ0v) is 39.8. The van der Waals surface area contributed by atoms with Crippen LogP contribution in [0, 0.1) is 0 Å². The lowest BCUT2D eigenvalue weighted by Crippen LogP contribution is -2.26. The minimum atomic E-state index is -0.540. The second-order valence-corrected chi connectivity index (χ2v) is 19.9. The Labute approximate surface area is 422 Å². The van der Waals surface area contributed by atoms with Crippen molar-refractivity contribution in [1.82, 2.24) is 4.57 Å². The SMILES string of the molecule is c1ccc(-c2cc3c(cc2N(c2ccc4c5ccccc5c5ccccc5c4c2)c2cccc4c2c2cc5ccccc5cc2n4-c2ccccc2)C2(c4ccccc4-c4ccccc42)c2ccccc2-3)cc1. The van der Waals surface area contributed by atoms with Gasteiger partial charge >= 0.3 is 0 Å². The van der Waals surface area contributed by atoms with Crippen LogP contribution >= 0.6 is 0 Å². The van der Waals surface area contributed by atoms with Gasteiger partial charge in [0.2, 0.25) is 0 Å². The van der Waals surface area contributed by atoms with Crippen molar-refractivity contribution in [3.05, 3.63) is 289 Å². The molecule has 1 aromatic heterocycles. The third kappa shape index (κ3) is 5.52. The van der Waals surface area contributed by atoms with Crippen LogP contribution in [-0.4, -0.2) is 4.57 Å². The Morgan fingerprint density at radius 3 is 1.45 bits per heavy atom. The van der Waals surface area contributed by atoms with Gasteiger partial charge in [0.25, 0.3) is 0 Å². The summed E-state index contributed by atoms with van der Waals surface area (Å²) in [5, 5.41) is 12.3. The summed E-state index contributed by atoms with van der Waals surface area (Å²) < 4.78 is 2.47. The summed E-state index contributed by atoms with van der Waals surface area (Å²) >= 11 is 0. The van der Waals surface area contributed by atoms with Gasteiger partial charge < -0.3 is 9.47 Å². The summed E-state index contributed by atoms with van der Waals surface area (Å²) in [5.74, 6) is 0. The first-order valence-electron chi connectivity index (χ1n) is 25.4. The second kappa shape index (κ2) is 15.3. The van der Waals surface area contributed by atoms with E-state index in [0.717, 1.165) is 33.8 Å². The largest absolute Gasteiger partial charge is 0.309 e. The van der Waals surface area contributed by atoms with Crippen LogP contribution in [0.2, 0.25) is 0 Å². The maximum Gasteiger partial charge on any atom is 0.0726 e. The number of hydrogen-bond acceptors (Lipinski definition) is 1. The first-order chi connectivity index (χ1) is 36.2. The fourth-order valence-corrected chi connectivity index (χ4v) is 13.4. The van der Waals surface area contributed by atoms with E-state index in [1.54, 1.807) is 0 Å². The highest BCUT2D eigenvalue weighted by molar-refractivity contribution is 6.26. The van der Waals surface area contributed by atoms with Crippen LogP contribution in [0.4, 0.5) is 17.1 Å². The van der Waals surface area contributed by atoms with Gasteiger partial charge in [0, 0.05) is 27.7 Å². The molecule has 0 saturated carbocycles. The molecule has 0 bridgehead atoms. The summed E-state index contributed by atoms with van der Waals surface area (Å²) in [5.41, 5.74) is 19.0. The first kappa shape index (κ1) is 40.3. The molecule has 338 valence electrons. The van der Waals surface area contributed by atoms with Crippen LogP contribution < -0.4 is 4.90 Å². The highest BCUT2D eigenvalue weighted by Gasteiger charge is 2.52. The lowest BCUT2D eigenvalue weighted by Gasteiger charge is -2.33. The van der Waals surface area contributed by atoms with Crippen molar-refractivity contribution in [2.45, 2.75) is 5.41 Å². The number of rotatable bonds is 5. The van der Waals surface area contributed by atoms with E-state index in [2.05, 4.69) is 276 Å². The van der Waals surface area contributed by atoms with E-state index < -0.39 is 5.41 Å². The van der Waals surface area contributed by atoms with Crippen molar-refractivity contribution in [2.24, 2.45) is 0 Å². The minimum Gasteiger partial charge on any atom is -0.309 e. The number of aromatic nitrogens is 1. The molecule has 14 aromatic rings. The second-order valence-electron chi connectivity index (χ2n) is 19.9. The Morgan fingerprint density at radius 1 is 0.288 bits per heavy atom. The van der Waals surface area contributed by atoms with Crippen molar-refractivity contribution in [3.63, 3.8) is 0 Å². The van der Waals surface area contributed by atoms with Crippen LogP contribution in [0.5, 0.6) is 0 Å². The predicted octanol–water partition coefficient (Wildman–Crippen LogP) is 18.9. The van der Waals surface area contributed by atoms with Gasteiger partial charge in [0.05, 0.1) is 27.8 Å². The van der Waals surface area contributed by atoms with E-state index in [0.29, 0.717) is 0 Å². The molecule has 0 fully saturated rings. The third-order valence-electron chi connectivity index (χ3n) is 16.3. The topological polar surface area (TPSA) is 8.17 Å². The van der Waals surface area contributed by atoms with Gasteiger partial charge in [-0.1, -0.05) is 206 Å². The molecule has 1 spiro atoms. The van der Waals surface area contributed by atoms with E-state index in [1.807, 2.05) is 0 Å². The molecule has 0 N–H and O–H groups in total. The molecular weight excluding hydrogens is 881 g/mol. The van der Waals surface area contributed by atoms with E-state index in [1.165, 1.54) is 109 Å². The zero-order valence-electron chi connectivity index (χ0n) is 39.8. The maximum absolute atomic E-state index is 2.61. The fourth-order valence-electron chi connectivity index (χ4n) is 13.4. The Bertz CT molecular complexity index is 4540. The Balaban J connectivity index is 1.09. The molecule has 0 aliphatic heterocycles. The van der Waals surface area contributed by atoms with Gasteiger partial charge in [-0.25, -0.2) is 0 Å². The number of fused-ring (bicyclic) bond motifs is 20. The number of nitrogens with zero attached hydrogens (tertiary/aromatic N) is 2. The Hall–Kier alpha value is -9.50. The van der Waals surface area contributed by atoms with Crippen molar-refractivity contribution in [3.8, 4) is 39.1 Å². The summed E-state index contributed by atoms with van der Waals surface area (Å²) in [6.45, 7) is 0. The molecule has 13 aromatic carbocycles. The van der Waals surface area contributed by atoms with Crippen LogP contribution in [0.1, 0.15) is 22.3 Å². The average molecular weight is 925 g/mol. The number of hydrogen-bond donors (Lipinski definition) is 0. The molecule has 0 saturated heterocycles. The predicted molar refractivity (Wildman–Crippen MR) is 307 cm³/mol. The van der Waals surface area contributed by atoms with Gasteiger partial charge in [-0.05, 0) is 154 Å². The van der Waals surface area contributed by atoms with Gasteiger partial charge in [-0.15, -0.1) is 0 Å². The van der Waals surface area contributed by atoms with Crippen LogP contribution in [-0.2, 0) is 5.41 Å². The van der Waals surface area contributed by atoms with Crippen LogP contribution in [0.15, 0.2) is 267 Å². The van der Waals surface area contributed by atoms with Crippen LogP contribution in [0.25, 0.3) is 104 Å². The van der Waals surface area contributed by atoms with Crippen LogP contribution in [0.3, 0.4) is 0 Å². The lowest BCUT2D eigenvalue weighted by molar-refractivity contribution is 0.794. The maximum atomic E-state index is 2.61. The molecule has 0 amide bonds. The minimum absolute atomic E-state index is 0.540. The number of anilines is 3. The summed E-state index contributed by atoms with van der Waals surface area (Å²) in [4.78, 5) is 2.61. The summed E-state index contributed by atoms with van der Waals surface area (Å²) in [7, 11) is 0. The smallest absolute Gasteiger partial charge is 0.0726 e. The quantitative estimate of drug-likeness (QED) is 0.156. The van der Waals surface area contributed by atoms with Crippen molar-refractivity contribution in [2.75, 3.05) is 4.90 Å². The highest BCUT2D eigenvalue weighted by atomic mass is 15.2. The highest BCUT2D eigenvalue weighted by Crippen LogP contribution is 2.64. The van der Waals surface area contributed by atoms with E-state index in [4.69, 9.17) is 0 Å². The average Bonchev–Trinajstić information content (AvgIpc) is 4.06. The van der Waals surface area contributed by atoms with E-state index in [-0.39, 0.29) is 0 Å². The standard InChI is InChI=1S/C71H44N2/c1-3-20-45(21-4-1)58-43-60-57-32-15-18-35-64(57)71(62-33-16-13-30-55(62)56-31-14-17-34-63(56)71)65(60)44-69(58)73(49-38-39-54-52-28-10-9-26-50(52)51-27-11-12-29-53(51)59(54)42-49)67-37-19-36-66-70(67)61-40-46-22-7-8-23-47(46)41-68(61)72(66)48-24-5-2-6-25-48/h1-44H. The monoisotopic (exact) mass is 924 g/mol. The zero-order chi connectivity index (χ0) is 47.8. The molecular formula is C71H44N2. The molecule has 2 heteroatoms. The molecule has 0 unspecified atom stereocenters. The molecule has 16 rings (SSSR count).